The summed E-state index contributed by atoms with van der Waals surface area (Å²) in [6.07, 6.45) is 2.43. The van der Waals surface area contributed by atoms with Crippen LogP contribution in [0.5, 0.6) is 0 Å². The van der Waals surface area contributed by atoms with E-state index in [2.05, 4.69) is 15.3 Å². The molecule has 2 heterocycles. The fourth-order valence-electron chi connectivity index (χ4n) is 2.28. The molecule has 1 fully saturated rings. The molecular weight excluding hydrogens is 324 g/mol. The number of nitrogens with zero attached hydrogens (tertiary/aromatic N) is 1. The summed E-state index contributed by atoms with van der Waals surface area (Å²) in [4.78, 5) is 18.8. The van der Waals surface area contributed by atoms with Crippen LogP contribution in [0.1, 0.15) is 37.3 Å². The fraction of sp³-hybridized carbons (Fsp3) is 0.615. The van der Waals surface area contributed by atoms with E-state index >= 15 is 0 Å². The first-order chi connectivity index (χ1) is 10.8. The Bertz CT molecular complexity index is 724. The molecular formula is C13H20N4O5S. The van der Waals surface area contributed by atoms with E-state index < -0.39 is 21.8 Å². The molecule has 1 unspecified atom stereocenters. The summed E-state index contributed by atoms with van der Waals surface area (Å²) in [6.45, 7) is 2.70. The van der Waals surface area contributed by atoms with Gasteiger partial charge >= 0.3 is 0 Å². The Morgan fingerprint density at radius 2 is 2.13 bits per heavy atom. The highest BCUT2D eigenvalue weighted by Gasteiger charge is 2.21. The van der Waals surface area contributed by atoms with Crippen molar-refractivity contribution >= 4 is 22.2 Å². The lowest BCUT2D eigenvalue weighted by Gasteiger charge is -2.24. The van der Waals surface area contributed by atoms with Gasteiger partial charge in [-0.3, -0.25) is 8.98 Å². The van der Waals surface area contributed by atoms with Crippen molar-refractivity contribution in [1.29, 1.82) is 5.41 Å². The van der Waals surface area contributed by atoms with E-state index in [-0.39, 0.29) is 23.2 Å². The van der Waals surface area contributed by atoms with E-state index in [9.17, 15) is 13.2 Å². The van der Waals surface area contributed by atoms with E-state index in [1.165, 1.54) is 6.92 Å². The summed E-state index contributed by atoms with van der Waals surface area (Å²) in [5.74, 6) is 0.329. The summed E-state index contributed by atoms with van der Waals surface area (Å²) < 4.78 is 32.5. The molecule has 10 heteroatoms. The Labute approximate surface area is 134 Å². The molecule has 1 atom stereocenters. The number of anilines is 1. The fourth-order valence-corrected chi connectivity index (χ4v) is 2.89. The lowest BCUT2D eigenvalue weighted by molar-refractivity contribution is 0.0903. The Morgan fingerprint density at radius 3 is 2.70 bits per heavy atom. The van der Waals surface area contributed by atoms with Crippen molar-refractivity contribution in [2.45, 2.75) is 31.9 Å². The van der Waals surface area contributed by atoms with Crippen LogP contribution in [0.25, 0.3) is 0 Å². The molecule has 9 nitrogen and oxygen atoms in total. The average molecular weight is 344 g/mol. The van der Waals surface area contributed by atoms with Gasteiger partial charge in [0.1, 0.15) is 17.7 Å². The second-order valence-corrected chi connectivity index (χ2v) is 6.93. The molecule has 3 N–H and O–H groups in total. The van der Waals surface area contributed by atoms with Gasteiger partial charge in [-0.1, -0.05) is 0 Å². The molecule has 0 bridgehead atoms. The molecule has 0 saturated carbocycles. The first-order valence-corrected chi connectivity index (χ1v) is 8.99. The maximum atomic E-state index is 12.1. The lowest BCUT2D eigenvalue weighted by atomic mass is 10.1. The highest BCUT2D eigenvalue weighted by atomic mass is 32.2. The third-order valence-corrected chi connectivity index (χ3v) is 4.02. The van der Waals surface area contributed by atoms with Crippen LogP contribution in [-0.4, -0.2) is 50.1 Å². The zero-order chi connectivity index (χ0) is 17.0. The van der Waals surface area contributed by atoms with E-state index in [0.29, 0.717) is 13.2 Å². The summed E-state index contributed by atoms with van der Waals surface area (Å²) >= 11 is 0. The zero-order valence-corrected chi connectivity index (χ0v) is 13.8. The third kappa shape index (κ3) is 4.85. The second-order valence-electron chi connectivity index (χ2n) is 5.33. The topological polar surface area (TPSA) is 134 Å². The molecule has 1 aromatic heterocycles. The molecule has 0 amide bonds. The molecule has 0 aliphatic carbocycles. The smallest absolute Gasteiger partial charge is 0.265 e. The second kappa shape index (κ2) is 7.20. The number of aromatic amines is 1. The van der Waals surface area contributed by atoms with Gasteiger partial charge < -0.3 is 20.4 Å². The molecule has 1 aliphatic rings. The standard InChI is InChI=1S/C13H20N4O5S/c1-8(22-23(2,19)20)11-16-12(10(7-14)13(18)17-11)15-9-3-5-21-6-4-9/h7-9,14H,3-6H2,1-2H3,(H2,15,16,17,18). The molecule has 128 valence electrons. The molecule has 0 spiro atoms. The summed E-state index contributed by atoms with van der Waals surface area (Å²) in [5, 5.41) is 10.5. The van der Waals surface area contributed by atoms with Crippen LogP contribution in [0.15, 0.2) is 4.79 Å². The van der Waals surface area contributed by atoms with Crippen molar-refractivity contribution < 1.29 is 17.3 Å². The minimum absolute atomic E-state index is 0.0794. The highest BCUT2D eigenvalue weighted by Crippen LogP contribution is 2.19. The maximum absolute atomic E-state index is 12.1. The summed E-state index contributed by atoms with van der Waals surface area (Å²) in [6, 6.07) is 0.0794. The molecule has 2 rings (SSSR count). The number of H-pyrrole nitrogens is 1. The van der Waals surface area contributed by atoms with Gasteiger partial charge in [-0.05, 0) is 19.8 Å². The van der Waals surface area contributed by atoms with Crippen LogP contribution in [0, 0.1) is 5.41 Å². The van der Waals surface area contributed by atoms with E-state index in [1.807, 2.05) is 0 Å². The van der Waals surface area contributed by atoms with Gasteiger partial charge in [0.15, 0.2) is 0 Å². The molecule has 0 aromatic carbocycles. The quantitative estimate of drug-likeness (QED) is 0.502. The maximum Gasteiger partial charge on any atom is 0.265 e. The average Bonchev–Trinajstić information content (AvgIpc) is 2.46. The van der Waals surface area contributed by atoms with E-state index in [0.717, 1.165) is 25.3 Å². The molecule has 23 heavy (non-hydrogen) atoms. The first kappa shape index (κ1) is 17.6. The number of aromatic nitrogens is 2. The van der Waals surface area contributed by atoms with E-state index in [1.54, 1.807) is 0 Å². The number of hydrogen-bond acceptors (Lipinski definition) is 8. The van der Waals surface area contributed by atoms with Crippen molar-refractivity contribution in [3.8, 4) is 0 Å². The number of rotatable bonds is 6. The summed E-state index contributed by atoms with van der Waals surface area (Å²) in [5.41, 5.74) is -0.435. The number of nitrogens with one attached hydrogen (secondary N) is 3. The lowest BCUT2D eigenvalue weighted by Crippen LogP contribution is -2.31. The minimum atomic E-state index is -3.68. The first-order valence-electron chi connectivity index (χ1n) is 7.17. The van der Waals surface area contributed by atoms with Crippen molar-refractivity contribution in [3.05, 3.63) is 21.7 Å². The number of ether oxygens (including phenoxy) is 1. The van der Waals surface area contributed by atoms with Gasteiger partial charge in [0.2, 0.25) is 0 Å². The third-order valence-electron chi connectivity index (χ3n) is 3.38. The molecule has 1 saturated heterocycles. The van der Waals surface area contributed by atoms with Gasteiger partial charge in [0, 0.05) is 25.5 Å². The Balaban J connectivity index is 2.31. The van der Waals surface area contributed by atoms with Gasteiger partial charge in [0.25, 0.3) is 15.7 Å². The molecule has 0 radical (unpaired) electrons. The minimum Gasteiger partial charge on any atom is -0.381 e. The Hall–Kier alpha value is -1.78. The number of hydrogen-bond donors (Lipinski definition) is 3. The summed E-state index contributed by atoms with van der Waals surface area (Å²) in [7, 11) is -3.68. The van der Waals surface area contributed by atoms with Gasteiger partial charge in [0.05, 0.1) is 11.8 Å². The van der Waals surface area contributed by atoms with Crippen molar-refractivity contribution in [1.82, 2.24) is 9.97 Å². The predicted molar refractivity (Wildman–Crippen MR) is 84.6 cm³/mol. The van der Waals surface area contributed by atoms with Crippen LogP contribution in [-0.2, 0) is 19.0 Å². The van der Waals surface area contributed by atoms with Gasteiger partial charge in [-0.15, -0.1) is 0 Å². The van der Waals surface area contributed by atoms with Crippen molar-refractivity contribution in [2.24, 2.45) is 0 Å². The van der Waals surface area contributed by atoms with Crippen molar-refractivity contribution in [2.75, 3.05) is 24.8 Å². The van der Waals surface area contributed by atoms with Gasteiger partial charge in [-0.2, -0.15) is 8.42 Å². The zero-order valence-electron chi connectivity index (χ0n) is 13.0. The SMILES string of the molecule is CC(OS(C)(=O)=O)c1nc(NC2CCOCC2)c(C=N)c(=O)[nH]1. The van der Waals surface area contributed by atoms with Crippen LogP contribution >= 0.6 is 0 Å². The molecule has 1 aliphatic heterocycles. The Kier molecular flexibility index (Phi) is 5.50. The predicted octanol–water partition coefficient (Wildman–Crippen LogP) is 0.396. The largest absolute Gasteiger partial charge is 0.381 e. The highest BCUT2D eigenvalue weighted by molar-refractivity contribution is 7.86. The van der Waals surface area contributed by atoms with Crippen LogP contribution < -0.4 is 10.9 Å². The Morgan fingerprint density at radius 1 is 1.48 bits per heavy atom. The van der Waals surface area contributed by atoms with E-state index in [4.69, 9.17) is 14.3 Å². The van der Waals surface area contributed by atoms with Crippen molar-refractivity contribution in [3.63, 3.8) is 0 Å². The van der Waals surface area contributed by atoms with Crippen LogP contribution in [0.3, 0.4) is 0 Å². The normalized spacial score (nSPS) is 17.7. The van der Waals surface area contributed by atoms with Gasteiger partial charge in [-0.25, -0.2) is 4.98 Å². The molecule has 1 aromatic rings. The van der Waals surface area contributed by atoms with Crippen LogP contribution in [0.2, 0.25) is 0 Å². The monoisotopic (exact) mass is 344 g/mol. The van der Waals surface area contributed by atoms with Crippen LogP contribution in [0.4, 0.5) is 5.82 Å².